The second-order valence-corrected chi connectivity index (χ2v) is 7.29. The van der Waals surface area contributed by atoms with Crippen LogP contribution in [0.25, 0.3) is 11.1 Å². The van der Waals surface area contributed by atoms with Gasteiger partial charge in [-0.3, -0.25) is 14.3 Å². The van der Waals surface area contributed by atoms with E-state index >= 15 is 0 Å². The number of fused-ring (bicyclic) bond motifs is 1. The maximum atomic E-state index is 13.0. The standard InChI is InChI=1S/C20H19ClFN3O3/c21-15-3-6-17-18(11-15)28-20(27)25(17)13-19(26)24-9-7-23(8-10-24)12-14-1-4-16(22)5-2-14/h1-6,11H,7-10,12-13H2. The van der Waals surface area contributed by atoms with E-state index in [1.54, 1.807) is 35.2 Å². The number of aromatic nitrogens is 1. The van der Waals surface area contributed by atoms with Crippen LogP contribution in [0.4, 0.5) is 4.39 Å². The fourth-order valence-corrected chi connectivity index (χ4v) is 3.59. The highest BCUT2D eigenvalue weighted by atomic mass is 35.5. The summed E-state index contributed by atoms with van der Waals surface area (Å²) >= 11 is 5.92. The highest BCUT2D eigenvalue weighted by molar-refractivity contribution is 6.31. The number of piperazine rings is 1. The molecule has 3 aromatic rings. The SMILES string of the molecule is O=C(Cn1c(=O)oc2cc(Cl)ccc21)N1CCN(Cc2ccc(F)cc2)CC1. The molecule has 1 aliphatic heterocycles. The first-order valence-corrected chi connectivity index (χ1v) is 9.41. The van der Waals surface area contributed by atoms with Gasteiger partial charge in [-0.2, -0.15) is 0 Å². The third-order valence-corrected chi connectivity index (χ3v) is 5.20. The average molecular weight is 404 g/mol. The molecule has 0 atom stereocenters. The molecular weight excluding hydrogens is 385 g/mol. The monoisotopic (exact) mass is 403 g/mol. The van der Waals surface area contributed by atoms with Crippen LogP contribution in [0.5, 0.6) is 0 Å². The number of benzene rings is 2. The summed E-state index contributed by atoms with van der Waals surface area (Å²) < 4.78 is 19.5. The number of carbonyl (C=O) groups excluding carboxylic acids is 1. The van der Waals surface area contributed by atoms with E-state index in [0.717, 1.165) is 25.2 Å². The summed E-state index contributed by atoms with van der Waals surface area (Å²) in [6.45, 7) is 3.26. The molecule has 0 unspecified atom stereocenters. The topological polar surface area (TPSA) is 58.7 Å². The van der Waals surface area contributed by atoms with Crippen molar-refractivity contribution in [3.63, 3.8) is 0 Å². The number of halogens is 2. The van der Waals surface area contributed by atoms with Gasteiger partial charge in [-0.05, 0) is 29.8 Å². The van der Waals surface area contributed by atoms with E-state index in [1.165, 1.54) is 16.7 Å². The number of carbonyl (C=O) groups is 1. The zero-order chi connectivity index (χ0) is 19.7. The van der Waals surface area contributed by atoms with Crippen molar-refractivity contribution in [1.82, 2.24) is 14.4 Å². The minimum Gasteiger partial charge on any atom is -0.408 e. The molecular formula is C20H19ClFN3O3. The van der Waals surface area contributed by atoms with E-state index in [4.69, 9.17) is 16.0 Å². The Kier molecular flexibility index (Phi) is 5.19. The van der Waals surface area contributed by atoms with Gasteiger partial charge >= 0.3 is 5.76 Å². The van der Waals surface area contributed by atoms with Crippen LogP contribution in [0.2, 0.25) is 5.02 Å². The van der Waals surface area contributed by atoms with Crippen LogP contribution < -0.4 is 5.76 Å². The number of oxazole rings is 1. The van der Waals surface area contributed by atoms with Crippen molar-refractivity contribution in [2.45, 2.75) is 13.1 Å². The van der Waals surface area contributed by atoms with Crippen molar-refractivity contribution >= 4 is 28.6 Å². The Balaban J connectivity index is 1.37. The Morgan fingerprint density at radius 2 is 1.79 bits per heavy atom. The lowest BCUT2D eigenvalue weighted by Crippen LogP contribution is -2.49. The highest BCUT2D eigenvalue weighted by Gasteiger charge is 2.23. The summed E-state index contributed by atoms with van der Waals surface area (Å²) in [6.07, 6.45) is 0. The maximum absolute atomic E-state index is 13.0. The number of hydrogen-bond acceptors (Lipinski definition) is 4. The number of nitrogens with zero attached hydrogens (tertiary/aromatic N) is 3. The van der Waals surface area contributed by atoms with Crippen molar-refractivity contribution in [2.75, 3.05) is 26.2 Å². The Morgan fingerprint density at radius 3 is 2.50 bits per heavy atom. The molecule has 0 saturated carbocycles. The quantitative estimate of drug-likeness (QED) is 0.672. The fraction of sp³-hybridized carbons (Fsp3) is 0.300. The Morgan fingerprint density at radius 1 is 1.07 bits per heavy atom. The Hall–Kier alpha value is -2.64. The predicted octanol–water partition coefficient (Wildman–Crippen LogP) is 2.73. The molecule has 8 heteroatoms. The van der Waals surface area contributed by atoms with Gasteiger partial charge in [0.25, 0.3) is 0 Å². The molecule has 1 fully saturated rings. The second-order valence-electron chi connectivity index (χ2n) is 6.85. The van der Waals surface area contributed by atoms with Gasteiger partial charge in [0.1, 0.15) is 12.4 Å². The first kappa shape index (κ1) is 18.7. The van der Waals surface area contributed by atoms with Crippen LogP contribution in [0, 0.1) is 5.82 Å². The largest absolute Gasteiger partial charge is 0.420 e. The van der Waals surface area contributed by atoms with Crippen LogP contribution in [0.1, 0.15) is 5.56 Å². The van der Waals surface area contributed by atoms with Crippen LogP contribution in [0.15, 0.2) is 51.7 Å². The van der Waals surface area contributed by atoms with Gasteiger partial charge in [0.2, 0.25) is 5.91 Å². The van der Waals surface area contributed by atoms with Crippen molar-refractivity contribution in [3.8, 4) is 0 Å². The summed E-state index contributed by atoms with van der Waals surface area (Å²) in [7, 11) is 0. The second kappa shape index (κ2) is 7.77. The van der Waals surface area contributed by atoms with Crippen molar-refractivity contribution < 1.29 is 13.6 Å². The zero-order valence-electron chi connectivity index (χ0n) is 15.1. The summed E-state index contributed by atoms with van der Waals surface area (Å²) in [5.41, 5.74) is 1.96. The lowest BCUT2D eigenvalue weighted by atomic mass is 10.2. The van der Waals surface area contributed by atoms with Gasteiger partial charge in [0, 0.05) is 43.8 Å². The van der Waals surface area contributed by atoms with E-state index in [0.29, 0.717) is 29.2 Å². The molecule has 1 saturated heterocycles. The Bertz CT molecular complexity index is 1050. The third kappa shape index (κ3) is 3.95. The molecule has 0 aliphatic carbocycles. The van der Waals surface area contributed by atoms with E-state index in [-0.39, 0.29) is 18.3 Å². The molecule has 1 aromatic heterocycles. The molecule has 6 nitrogen and oxygen atoms in total. The van der Waals surface area contributed by atoms with Crippen molar-refractivity contribution in [3.05, 3.63) is 69.4 Å². The van der Waals surface area contributed by atoms with E-state index in [1.807, 2.05) is 0 Å². The number of amides is 1. The molecule has 0 N–H and O–H groups in total. The zero-order valence-corrected chi connectivity index (χ0v) is 15.9. The summed E-state index contributed by atoms with van der Waals surface area (Å²) in [5.74, 6) is -0.940. The average Bonchev–Trinajstić information content (AvgIpc) is 2.98. The molecule has 1 aliphatic rings. The Labute approximate surface area is 165 Å². The van der Waals surface area contributed by atoms with Gasteiger partial charge in [0.05, 0.1) is 5.52 Å². The molecule has 0 bridgehead atoms. The third-order valence-electron chi connectivity index (χ3n) is 4.97. The lowest BCUT2D eigenvalue weighted by Gasteiger charge is -2.34. The predicted molar refractivity (Wildman–Crippen MR) is 104 cm³/mol. The van der Waals surface area contributed by atoms with Crippen LogP contribution in [-0.4, -0.2) is 46.5 Å². The number of hydrogen-bond donors (Lipinski definition) is 0. The van der Waals surface area contributed by atoms with Crippen LogP contribution >= 0.6 is 11.6 Å². The first-order chi connectivity index (χ1) is 13.5. The van der Waals surface area contributed by atoms with Crippen molar-refractivity contribution in [2.24, 2.45) is 0 Å². The number of rotatable bonds is 4. The molecule has 1 amide bonds. The fourth-order valence-electron chi connectivity index (χ4n) is 3.43. The molecule has 2 aromatic carbocycles. The molecule has 146 valence electrons. The summed E-state index contributed by atoms with van der Waals surface area (Å²) in [5, 5.41) is 0.469. The van der Waals surface area contributed by atoms with E-state index < -0.39 is 5.76 Å². The molecule has 28 heavy (non-hydrogen) atoms. The lowest BCUT2D eigenvalue weighted by molar-refractivity contribution is -0.133. The maximum Gasteiger partial charge on any atom is 0.420 e. The summed E-state index contributed by atoms with van der Waals surface area (Å²) in [6, 6.07) is 11.4. The first-order valence-electron chi connectivity index (χ1n) is 9.03. The highest BCUT2D eigenvalue weighted by Crippen LogP contribution is 2.18. The molecule has 2 heterocycles. The van der Waals surface area contributed by atoms with Crippen molar-refractivity contribution in [1.29, 1.82) is 0 Å². The molecule has 4 rings (SSSR count). The summed E-state index contributed by atoms with van der Waals surface area (Å²) in [4.78, 5) is 28.7. The van der Waals surface area contributed by atoms with Crippen LogP contribution in [0.3, 0.4) is 0 Å². The van der Waals surface area contributed by atoms with Crippen LogP contribution in [-0.2, 0) is 17.9 Å². The van der Waals surface area contributed by atoms with Gasteiger partial charge < -0.3 is 9.32 Å². The normalized spacial score (nSPS) is 15.3. The minimum atomic E-state index is -0.569. The molecule has 0 spiro atoms. The van der Waals surface area contributed by atoms with Gasteiger partial charge in [-0.25, -0.2) is 9.18 Å². The van der Waals surface area contributed by atoms with E-state index in [2.05, 4.69) is 4.90 Å². The minimum absolute atomic E-state index is 0.0641. The smallest absolute Gasteiger partial charge is 0.408 e. The van der Waals surface area contributed by atoms with Gasteiger partial charge in [0.15, 0.2) is 5.58 Å². The molecule has 0 radical (unpaired) electrons. The van der Waals surface area contributed by atoms with Gasteiger partial charge in [-0.1, -0.05) is 23.7 Å². The van der Waals surface area contributed by atoms with Gasteiger partial charge in [-0.15, -0.1) is 0 Å². The van der Waals surface area contributed by atoms with E-state index in [9.17, 15) is 14.0 Å².